The largest absolute Gasteiger partial charge is 0.508 e. The molecule has 1 aromatic carbocycles. The molecule has 3 amide bonds. The minimum Gasteiger partial charge on any atom is -0.508 e. The summed E-state index contributed by atoms with van der Waals surface area (Å²) in [5, 5.41) is 34.2. The van der Waals surface area contributed by atoms with Gasteiger partial charge in [0.15, 0.2) is 5.96 Å². The average Bonchev–Trinajstić information content (AvgIpc) is 3.35. The van der Waals surface area contributed by atoms with Gasteiger partial charge in [-0.15, -0.1) is 0 Å². The van der Waals surface area contributed by atoms with E-state index < -0.39 is 54.0 Å². The third kappa shape index (κ3) is 8.88. The van der Waals surface area contributed by atoms with Gasteiger partial charge < -0.3 is 48.1 Å². The number of aliphatic hydroxyl groups excluding tert-OH is 1. The van der Waals surface area contributed by atoms with Crippen LogP contribution in [0.25, 0.3) is 0 Å². The van der Waals surface area contributed by atoms with Crippen LogP contribution in [0, 0.1) is 0 Å². The standard InChI is InChI=1S/C24H37N7O7/c1-13(32)19(30-20(34)16(25)4-2-10-28-24(26)27)22(36)31-11-3-5-18(31)21(35)29-17(23(37)38)12-14-6-8-15(33)9-7-14/h6-9,13,16-19,32-33H,2-5,10-12,25H2,1H3,(H,29,35)(H,30,34)(H,37,38)(H4,26,27,28). The number of carbonyl (C=O) groups is 4. The number of rotatable bonds is 13. The summed E-state index contributed by atoms with van der Waals surface area (Å²) in [6, 6.07) is 1.33. The minimum absolute atomic E-state index is 0.0245. The number of carboxylic acids is 1. The second kappa shape index (κ2) is 14.1. The summed E-state index contributed by atoms with van der Waals surface area (Å²) in [6.45, 7) is 1.80. The number of aliphatic hydroxyl groups is 1. The van der Waals surface area contributed by atoms with E-state index >= 15 is 0 Å². The van der Waals surface area contributed by atoms with Crippen molar-refractivity contribution in [2.24, 2.45) is 22.2 Å². The fourth-order valence-corrected chi connectivity index (χ4v) is 4.12. The Morgan fingerprint density at radius 3 is 2.39 bits per heavy atom. The SMILES string of the molecule is CC(O)C(NC(=O)C(N)CCCN=C(N)N)C(=O)N1CCCC1C(=O)NC(Cc1ccc(O)cc1)C(=O)O. The number of nitrogens with zero attached hydrogens (tertiary/aromatic N) is 2. The number of aromatic hydroxyl groups is 1. The topological polar surface area (TPSA) is 247 Å². The maximum Gasteiger partial charge on any atom is 0.326 e. The molecule has 1 heterocycles. The molecule has 2 rings (SSSR count). The third-order valence-corrected chi connectivity index (χ3v) is 6.18. The van der Waals surface area contributed by atoms with Crippen LogP contribution >= 0.6 is 0 Å². The van der Waals surface area contributed by atoms with Crippen LogP contribution < -0.4 is 27.8 Å². The van der Waals surface area contributed by atoms with Crippen molar-refractivity contribution >= 4 is 29.7 Å². The van der Waals surface area contributed by atoms with Crippen molar-refractivity contribution in [3.63, 3.8) is 0 Å². The molecule has 5 atom stereocenters. The van der Waals surface area contributed by atoms with E-state index in [0.717, 1.165) is 0 Å². The van der Waals surface area contributed by atoms with Gasteiger partial charge in [0.05, 0.1) is 12.1 Å². The van der Waals surface area contributed by atoms with Crippen LogP contribution in [0.15, 0.2) is 29.3 Å². The van der Waals surface area contributed by atoms with Gasteiger partial charge in [0.25, 0.3) is 0 Å². The summed E-state index contributed by atoms with van der Waals surface area (Å²) in [6.07, 6.45) is 0.0951. The average molecular weight is 536 g/mol. The second-order valence-corrected chi connectivity index (χ2v) is 9.24. The number of nitrogens with two attached hydrogens (primary N) is 3. The van der Waals surface area contributed by atoms with Gasteiger partial charge in [-0.25, -0.2) is 4.79 Å². The molecule has 1 saturated heterocycles. The highest BCUT2D eigenvalue weighted by Crippen LogP contribution is 2.20. The molecule has 0 saturated carbocycles. The number of hydrogen-bond donors (Lipinski definition) is 8. The maximum absolute atomic E-state index is 13.3. The Balaban J connectivity index is 2.04. The van der Waals surface area contributed by atoms with E-state index in [-0.39, 0.29) is 44.1 Å². The van der Waals surface area contributed by atoms with Crippen LogP contribution in [0.4, 0.5) is 0 Å². The molecule has 5 unspecified atom stereocenters. The Kier molecular flexibility index (Phi) is 11.3. The highest BCUT2D eigenvalue weighted by atomic mass is 16.4. The van der Waals surface area contributed by atoms with Gasteiger partial charge in [0.1, 0.15) is 23.9 Å². The Bertz CT molecular complexity index is 1010. The number of hydrogen-bond acceptors (Lipinski definition) is 8. The lowest BCUT2D eigenvalue weighted by Crippen LogP contribution is -2.59. The summed E-state index contributed by atoms with van der Waals surface area (Å²) in [5.74, 6) is -3.31. The van der Waals surface area contributed by atoms with E-state index in [0.29, 0.717) is 18.4 Å². The number of likely N-dealkylation sites (tertiary alicyclic amines) is 1. The number of aliphatic imine (C=N–C) groups is 1. The molecule has 1 aromatic rings. The number of carbonyl (C=O) groups excluding carboxylic acids is 3. The number of amides is 3. The zero-order chi connectivity index (χ0) is 28.4. The highest BCUT2D eigenvalue weighted by Gasteiger charge is 2.40. The summed E-state index contributed by atoms with van der Waals surface area (Å²) in [7, 11) is 0. The van der Waals surface area contributed by atoms with Gasteiger partial charge in [0.2, 0.25) is 17.7 Å². The molecule has 0 spiro atoms. The van der Waals surface area contributed by atoms with Crippen LogP contribution in [-0.2, 0) is 25.6 Å². The fourth-order valence-electron chi connectivity index (χ4n) is 4.12. The predicted octanol–water partition coefficient (Wildman–Crippen LogP) is -2.26. The van der Waals surface area contributed by atoms with Gasteiger partial charge in [-0.2, -0.15) is 0 Å². The first-order valence-electron chi connectivity index (χ1n) is 12.3. The number of phenolic OH excluding ortho intramolecular Hbond substituents is 1. The zero-order valence-electron chi connectivity index (χ0n) is 21.2. The fraction of sp³-hybridized carbons (Fsp3) is 0.542. The predicted molar refractivity (Wildman–Crippen MR) is 138 cm³/mol. The first-order valence-corrected chi connectivity index (χ1v) is 12.3. The molecule has 0 bridgehead atoms. The van der Waals surface area contributed by atoms with Gasteiger partial charge in [-0.1, -0.05) is 12.1 Å². The van der Waals surface area contributed by atoms with Crippen molar-refractivity contribution in [3.8, 4) is 5.75 Å². The van der Waals surface area contributed by atoms with Gasteiger partial charge in [-0.3, -0.25) is 19.4 Å². The molecular weight excluding hydrogens is 498 g/mol. The van der Waals surface area contributed by atoms with E-state index in [1.807, 2.05) is 0 Å². The molecule has 0 aliphatic carbocycles. The maximum atomic E-state index is 13.3. The number of nitrogens with one attached hydrogen (secondary N) is 2. The van der Waals surface area contributed by atoms with Crippen molar-refractivity contribution in [3.05, 3.63) is 29.8 Å². The van der Waals surface area contributed by atoms with E-state index in [1.165, 1.54) is 24.0 Å². The second-order valence-electron chi connectivity index (χ2n) is 9.24. The summed E-state index contributed by atoms with van der Waals surface area (Å²) in [5.41, 5.74) is 17.0. The van der Waals surface area contributed by atoms with Gasteiger partial charge in [-0.05, 0) is 50.3 Å². The first kappa shape index (κ1) is 30.3. The van der Waals surface area contributed by atoms with E-state index in [2.05, 4.69) is 15.6 Å². The van der Waals surface area contributed by atoms with Crippen molar-refractivity contribution in [2.75, 3.05) is 13.1 Å². The van der Waals surface area contributed by atoms with Crippen LogP contribution in [-0.4, -0.2) is 93.2 Å². The molecule has 1 aliphatic heterocycles. The van der Waals surface area contributed by atoms with Crippen LogP contribution in [0.1, 0.15) is 38.2 Å². The number of benzene rings is 1. The number of aliphatic carboxylic acids is 1. The van der Waals surface area contributed by atoms with E-state index in [1.54, 1.807) is 12.1 Å². The van der Waals surface area contributed by atoms with Gasteiger partial charge >= 0.3 is 5.97 Å². The molecule has 0 radical (unpaired) electrons. The molecule has 0 aromatic heterocycles. The van der Waals surface area contributed by atoms with Crippen LogP contribution in [0.3, 0.4) is 0 Å². The number of phenols is 1. The summed E-state index contributed by atoms with van der Waals surface area (Å²) in [4.78, 5) is 55.7. The van der Waals surface area contributed by atoms with Crippen molar-refractivity contribution in [1.29, 1.82) is 0 Å². The first-order chi connectivity index (χ1) is 17.9. The van der Waals surface area contributed by atoms with E-state index in [4.69, 9.17) is 17.2 Å². The van der Waals surface area contributed by atoms with Crippen molar-refractivity contribution in [2.45, 2.75) is 69.3 Å². The smallest absolute Gasteiger partial charge is 0.326 e. The van der Waals surface area contributed by atoms with Crippen molar-refractivity contribution < 1.29 is 34.5 Å². The van der Waals surface area contributed by atoms with Gasteiger partial charge in [0, 0.05) is 19.5 Å². The Hall–Kier alpha value is -3.91. The monoisotopic (exact) mass is 535 g/mol. The molecule has 210 valence electrons. The number of guanidine groups is 1. The molecule has 38 heavy (non-hydrogen) atoms. The number of carboxylic acid groups (broad SMARTS) is 1. The third-order valence-electron chi connectivity index (χ3n) is 6.18. The molecule has 1 aliphatic rings. The Morgan fingerprint density at radius 2 is 1.82 bits per heavy atom. The molecule has 11 N–H and O–H groups in total. The van der Waals surface area contributed by atoms with Crippen LogP contribution in [0.2, 0.25) is 0 Å². The Morgan fingerprint density at radius 1 is 1.16 bits per heavy atom. The lowest BCUT2D eigenvalue weighted by molar-refractivity contribution is -0.146. The van der Waals surface area contributed by atoms with Crippen molar-refractivity contribution in [1.82, 2.24) is 15.5 Å². The van der Waals surface area contributed by atoms with Crippen LogP contribution in [0.5, 0.6) is 5.75 Å². The lowest BCUT2D eigenvalue weighted by Gasteiger charge is -2.31. The molecule has 1 fully saturated rings. The summed E-state index contributed by atoms with van der Waals surface area (Å²) < 4.78 is 0. The zero-order valence-corrected chi connectivity index (χ0v) is 21.2. The molecule has 14 nitrogen and oxygen atoms in total. The molecular formula is C24H37N7O7. The lowest BCUT2D eigenvalue weighted by atomic mass is 10.0. The summed E-state index contributed by atoms with van der Waals surface area (Å²) >= 11 is 0. The minimum atomic E-state index is -1.35. The normalized spacial score (nSPS) is 18.1. The quantitative estimate of drug-likeness (QED) is 0.0765. The highest BCUT2D eigenvalue weighted by molar-refractivity contribution is 5.94. The Labute approximate surface area is 220 Å². The van der Waals surface area contributed by atoms with E-state index in [9.17, 15) is 34.5 Å². The molecule has 14 heteroatoms.